The third kappa shape index (κ3) is 5.14. The van der Waals surface area contributed by atoms with Gasteiger partial charge in [-0.15, -0.1) is 0 Å². The molecule has 4 rings (SSSR count). The van der Waals surface area contributed by atoms with Crippen molar-refractivity contribution in [1.82, 2.24) is 24.3 Å². The minimum Gasteiger partial charge on any atom is -0.343 e. The van der Waals surface area contributed by atoms with E-state index in [4.69, 9.17) is 0 Å². The second-order valence-electron chi connectivity index (χ2n) is 8.72. The molecule has 1 amide bonds. The normalized spacial score (nSPS) is 21.0. The molecule has 0 aromatic carbocycles. The fourth-order valence-electron chi connectivity index (χ4n) is 4.74. The third-order valence-electron chi connectivity index (χ3n) is 6.50. The lowest BCUT2D eigenvalue weighted by molar-refractivity contribution is -0.130. The summed E-state index contributed by atoms with van der Waals surface area (Å²) in [6, 6.07) is 5.35. The Balaban J connectivity index is 1.28. The zero-order valence-electron chi connectivity index (χ0n) is 17.7. The van der Waals surface area contributed by atoms with Crippen molar-refractivity contribution in [3.8, 4) is 11.3 Å². The van der Waals surface area contributed by atoms with Crippen LogP contribution in [0.3, 0.4) is 0 Å². The van der Waals surface area contributed by atoms with Gasteiger partial charge in [-0.1, -0.05) is 0 Å². The summed E-state index contributed by atoms with van der Waals surface area (Å²) in [7, 11) is 0. The Morgan fingerprint density at radius 1 is 1.07 bits per heavy atom. The monoisotopic (exact) mass is 409 g/mol. The number of carbonyl (C=O) groups is 1. The molecule has 2 fully saturated rings. The minimum absolute atomic E-state index is 0.00534. The number of piperidine rings is 2. The first-order chi connectivity index (χ1) is 14.6. The van der Waals surface area contributed by atoms with E-state index in [-0.39, 0.29) is 11.5 Å². The van der Waals surface area contributed by atoms with Crippen LogP contribution in [0.5, 0.6) is 0 Å². The number of carbonyl (C=O) groups excluding carboxylic acids is 1. The second-order valence-corrected chi connectivity index (χ2v) is 8.72. The zero-order chi connectivity index (χ0) is 20.9. The van der Waals surface area contributed by atoms with Gasteiger partial charge in [0.25, 0.3) is 5.56 Å². The van der Waals surface area contributed by atoms with Crippen molar-refractivity contribution in [1.29, 1.82) is 0 Å². The smallest absolute Gasteiger partial charge is 0.253 e. The number of amides is 1. The van der Waals surface area contributed by atoms with Crippen molar-refractivity contribution in [3.63, 3.8) is 0 Å². The number of rotatable bonds is 5. The van der Waals surface area contributed by atoms with Gasteiger partial charge in [0.05, 0.1) is 12.0 Å². The maximum atomic E-state index is 12.6. The molecule has 2 aliphatic rings. The van der Waals surface area contributed by atoms with Crippen LogP contribution in [0.4, 0.5) is 0 Å². The van der Waals surface area contributed by atoms with Crippen molar-refractivity contribution in [3.05, 3.63) is 47.3 Å². The lowest BCUT2D eigenvalue weighted by atomic mass is 9.93. The van der Waals surface area contributed by atoms with E-state index < -0.39 is 0 Å². The SMILES string of the molecule is CC(=O)N1CCCC(CN2CCC(Cn3cnc(-c4ccncc4)cc3=O)CC2)C1. The van der Waals surface area contributed by atoms with Gasteiger partial charge in [-0.25, -0.2) is 4.98 Å². The van der Waals surface area contributed by atoms with Gasteiger partial charge in [-0.3, -0.25) is 19.1 Å². The van der Waals surface area contributed by atoms with E-state index in [1.165, 1.54) is 6.42 Å². The van der Waals surface area contributed by atoms with E-state index in [9.17, 15) is 9.59 Å². The first-order valence-electron chi connectivity index (χ1n) is 11.0. The van der Waals surface area contributed by atoms with Crippen LogP contribution < -0.4 is 5.56 Å². The molecule has 0 aliphatic carbocycles. The van der Waals surface area contributed by atoms with Crippen LogP contribution in [0.1, 0.15) is 32.6 Å². The van der Waals surface area contributed by atoms with Crippen molar-refractivity contribution >= 4 is 5.91 Å². The van der Waals surface area contributed by atoms with Crippen molar-refractivity contribution in [2.45, 2.75) is 39.2 Å². The molecular formula is C23H31N5O2. The third-order valence-corrected chi connectivity index (χ3v) is 6.50. The van der Waals surface area contributed by atoms with Gasteiger partial charge in [-0.05, 0) is 62.7 Å². The highest BCUT2D eigenvalue weighted by Gasteiger charge is 2.26. The molecular weight excluding hydrogens is 378 g/mol. The maximum absolute atomic E-state index is 12.6. The lowest BCUT2D eigenvalue weighted by Gasteiger charge is -2.38. The number of likely N-dealkylation sites (tertiary alicyclic amines) is 2. The molecule has 2 aromatic heterocycles. The minimum atomic E-state index is 0.00534. The Morgan fingerprint density at radius 2 is 1.83 bits per heavy atom. The molecule has 0 radical (unpaired) electrons. The molecule has 2 aliphatic heterocycles. The Kier molecular flexibility index (Phi) is 6.57. The number of hydrogen-bond acceptors (Lipinski definition) is 5. The van der Waals surface area contributed by atoms with Gasteiger partial charge in [0.15, 0.2) is 0 Å². The van der Waals surface area contributed by atoms with E-state index in [0.717, 1.165) is 64.1 Å². The van der Waals surface area contributed by atoms with Crippen molar-refractivity contribution in [2.75, 3.05) is 32.7 Å². The summed E-state index contributed by atoms with van der Waals surface area (Å²) in [6.45, 7) is 7.44. The van der Waals surface area contributed by atoms with Gasteiger partial charge in [0.2, 0.25) is 5.91 Å². The molecule has 1 atom stereocenters. The fraction of sp³-hybridized carbons (Fsp3) is 0.565. The summed E-state index contributed by atoms with van der Waals surface area (Å²) >= 11 is 0. The number of pyridine rings is 1. The van der Waals surface area contributed by atoms with E-state index in [0.29, 0.717) is 17.5 Å². The van der Waals surface area contributed by atoms with Crippen LogP contribution in [0.25, 0.3) is 11.3 Å². The summed E-state index contributed by atoms with van der Waals surface area (Å²) < 4.78 is 1.75. The molecule has 2 saturated heterocycles. The molecule has 1 unspecified atom stereocenters. The molecule has 7 nitrogen and oxygen atoms in total. The predicted octanol–water partition coefficient (Wildman–Crippen LogP) is 2.28. The highest BCUT2D eigenvalue weighted by molar-refractivity contribution is 5.73. The van der Waals surface area contributed by atoms with E-state index >= 15 is 0 Å². The van der Waals surface area contributed by atoms with Crippen molar-refractivity contribution < 1.29 is 4.79 Å². The standard InChI is InChI=1S/C23H31N5O2/c1-18(29)27-10-2-3-20(16-27)14-26-11-6-19(7-12-26)15-28-17-25-22(13-23(28)30)21-4-8-24-9-5-21/h4-5,8-9,13,17,19-20H,2-3,6-7,10-12,14-16H2,1H3. The molecule has 0 saturated carbocycles. The molecule has 4 heterocycles. The zero-order valence-corrected chi connectivity index (χ0v) is 17.7. The van der Waals surface area contributed by atoms with E-state index in [1.807, 2.05) is 17.0 Å². The van der Waals surface area contributed by atoms with E-state index in [2.05, 4.69) is 14.9 Å². The highest BCUT2D eigenvalue weighted by Crippen LogP contribution is 2.23. The summed E-state index contributed by atoms with van der Waals surface area (Å²) in [5, 5.41) is 0. The quantitative estimate of drug-likeness (QED) is 0.758. The van der Waals surface area contributed by atoms with Gasteiger partial charge in [0, 0.05) is 57.1 Å². The topological polar surface area (TPSA) is 71.3 Å². The summed E-state index contributed by atoms with van der Waals surface area (Å²) in [4.78, 5) is 37.3. The molecule has 0 spiro atoms. The van der Waals surface area contributed by atoms with Crippen LogP contribution in [-0.2, 0) is 11.3 Å². The Bertz CT molecular complexity index is 905. The number of hydrogen-bond donors (Lipinski definition) is 0. The second kappa shape index (κ2) is 9.51. The summed E-state index contributed by atoms with van der Waals surface area (Å²) in [5.41, 5.74) is 1.61. The molecule has 0 N–H and O–H groups in total. The summed E-state index contributed by atoms with van der Waals surface area (Å²) in [5.74, 6) is 1.30. The summed E-state index contributed by atoms with van der Waals surface area (Å²) in [6.07, 6.45) is 9.63. The van der Waals surface area contributed by atoms with Crippen LogP contribution >= 0.6 is 0 Å². The van der Waals surface area contributed by atoms with Crippen LogP contribution in [0.15, 0.2) is 41.7 Å². The van der Waals surface area contributed by atoms with Gasteiger partial charge >= 0.3 is 0 Å². The van der Waals surface area contributed by atoms with Gasteiger partial charge in [0.1, 0.15) is 0 Å². The number of aromatic nitrogens is 3. The Hall–Kier alpha value is -2.54. The van der Waals surface area contributed by atoms with Gasteiger partial charge in [-0.2, -0.15) is 0 Å². The van der Waals surface area contributed by atoms with Crippen LogP contribution in [0, 0.1) is 11.8 Å². The molecule has 0 bridgehead atoms. The molecule has 7 heteroatoms. The Labute approximate surface area is 177 Å². The number of nitrogens with zero attached hydrogens (tertiary/aromatic N) is 5. The largest absolute Gasteiger partial charge is 0.343 e. The Morgan fingerprint density at radius 3 is 2.53 bits per heavy atom. The van der Waals surface area contributed by atoms with E-state index in [1.54, 1.807) is 36.3 Å². The molecule has 30 heavy (non-hydrogen) atoms. The molecule has 160 valence electrons. The van der Waals surface area contributed by atoms with Gasteiger partial charge < -0.3 is 9.80 Å². The predicted molar refractivity (Wildman–Crippen MR) is 116 cm³/mol. The molecule has 2 aromatic rings. The van der Waals surface area contributed by atoms with Crippen LogP contribution in [0.2, 0.25) is 0 Å². The first kappa shape index (κ1) is 20.7. The lowest BCUT2D eigenvalue weighted by Crippen LogP contribution is -2.45. The average molecular weight is 410 g/mol. The fourth-order valence-corrected chi connectivity index (χ4v) is 4.74. The van der Waals surface area contributed by atoms with Crippen LogP contribution in [-0.4, -0.2) is 63.0 Å². The first-order valence-corrected chi connectivity index (χ1v) is 11.0. The highest BCUT2D eigenvalue weighted by atomic mass is 16.2. The van der Waals surface area contributed by atoms with Crippen molar-refractivity contribution in [2.24, 2.45) is 11.8 Å². The maximum Gasteiger partial charge on any atom is 0.253 e. The average Bonchev–Trinajstić information content (AvgIpc) is 2.77.